The summed E-state index contributed by atoms with van der Waals surface area (Å²) in [5, 5.41) is 23.3. The molecule has 2 aromatic rings. The molecule has 0 radical (unpaired) electrons. The third-order valence-corrected chi connectivity index (χ3v) is 5.98. The van der Waals surface area contributed by atoms with Crippen molar-refractivity contribution in [3.8, 4) is 0 Å². The van der Waals surface area contributed by atoms with Crippen molar-refractivity contribution in [2.24, 2.45) is 11.5 Å². The molecule has 12 heteroatoms. The molecule has 0 aliphatic heterocycles. The average Bonchev–Trinajstić information content (AvgIpc) is 2.75. The van der Waals surface area contributed by atoms with Gasteiger partial charge in [0, 0.05) is 36.0 Å². The number of carbonyl (C=O) groups excluding carboxylic acids is 2. The summed E-state index contributed by atoms with van der Waals surface area (Å²) in [6.45, 7) is 1.62. The molecule has 0 bridgehead atoms. The molecule has 178 valence electrons. The van der Waals surface area contributed by atoms with E-state index in [1.165, 1.54) is 24.7 Å². The number of rotatable bonds is 5. The van der Waals surface area contributed by atoms with E-state index in [1.807, 2.05) is 0 Å². The molecular formula is C21H24F3N5O4. The summed E-state index contributed by atoms with van der Waals surface area (Å²) in [7, 11) is 0. The molecule has 0 unspecified atom stereocenters. The number of nitrogens with one attached hydrogen (secondary N) is 1. The number of aryl methyl sites for hydroxylation is 1. The molecule has 0 saturated heterocycles. The second kappa shape index (κ2) is 9.04. The predicted octanol–water partition coefficient (Wildman–Crippen LogP) is 0.384. The van der Waals surface area contributed by atoms with Crippen LogP contribution in [0.15, 0.2) is 36.8 Å². The zero-order chi connectivity index (χ0) is 24.6. The average molecular weight is 467 g/mol. The van der Waals surface area contributed by atoms with E-state index in [9.17, 15) is 33.0 Å². The van der Waals surface area contributed by atoms with Gasteiger partial charge in [0.15, 0.2) is 0 Å². The van der Waals surface area contributed by atoms with Gasteiger partial charge in [-0.05, 0) is 30.9 Å². The van der Waals surface area contributed by atoms with Gasteiger partial charge in [-0.15, -0.1) is 0 Å². The van der Waals surface area contributed by atoms with Crippen LogP contribution >= 0.6 is 0 Å². The van der Waals surface area contributed by atoms with Crippen molar-refractivity contribution < 1.29 is 33.0 Å². The van der Waals surface area contributed by atoms with Gasteiger partial charge in [-0.1, -0.05) is 18.2 Å². The van der Waals surface area contributed by atoms with Crippen LogP contribution in [-0.2, 0) is 10.4 Å². The van der Waals surface area contributed by atoms with E-state index in [4.69, 9.17) is 11.5 Å². The Bertz CT molecular complexity index is 1040. The fraction of sp³-hybridized carbons (Fsp3) is 0.429. The smallest absolute Gasteiger partial charge is 0.391 e. The minimum Gasteiger partial charge on any atom is -0.391 e. The van der Waals surface area contributed by atoms with Crippen molar-refractivity contribution in [3.63, 3.8) is 0 Å². The van der Waals surface area contributed by atoms with Crippen LogP contribution in [0.5, 0.6) is 0 Å². The molecule has 1 fully saturated rings. The van der Waals surface area contributed by atoms with E-state index in [-0.39, 0.29) is 18.5 Å². The molecule has 1 heterocycles. The lowest BCUT2D eigenvalue weighted by Crippen LogP contribution is -2.53. The predicted molar refractivity (Wildman–Crippen MR) is 110 cm³/mol. The van der Waals surface area contributed by atoms with Gasteiger partial charge >= 0.3 is 6.18 Å². The number of aliphatic hydroxyl groups is 2. The molecule has 1 aliphatic rings. The highest BCUT2D eigenvalue weighted by molar-refractivity contribution is 5.92. The Morgan fingerprint density at radius 2 is 1.91 bits per heavy atom. The summed E-state index contributed by atoms with van der Waals surface area (Å²) in [4.78, 5) is 32.0. The van der Waals surface area contributed by atoms with Gasteiger partial charge in [0.1, 0.15) is 5.69 Å². The van der Waals surface area contributed by atoms with Gasteiger partial charge in [0.25, 0.3) is 17.4 Å². The quantitative estimate of drug-likeness (QED) is 0.424. The number of nitrogens with two attached hydrogens (primary N) is 2. The Labute approximate surface area is 187 Å². The number of primary amides is 1. The molecule has 7 N–H and O–H groups in total. The third-order valence-electron chi connectivity index (χ3n) is 5.98. The largest absolute Gasteiger partial charge is 0.430 e. The van der Waals surface area contributed by atoms with Gasteiger partial charge in [-0.2, -0.15) is 13.2 Å². The Morgan fingerprint density at radius 3 is 2.48 bits per heavy atom. The van der Waals surface area contributed by atoms with Crippen LogP contribution in [-0.4, -0.2) is 56.4 Å². The molecule has 33 heavy (non-hydrogen) atoms. The van der Waals surface area contributed by atoms with Gasteiger partial charge in [0.2, 0.25) is 0 Å². The molecule has 1 aliphatic carbocycles. The fourth-order valence-electron chi connectivity index (χ4n) is 4.09. The van der Waals surface area contributed by atoms with E-state index >= 15 is 0 Å². The monoisotopic (exact) mass is 467 g/mol. The molecule has 1 aromatic heterocycles. The number of halogens is 3. The van der Waals surface area contributed by atoms with Crippen LogP contribution in [0.2, 0.25) is 0 Å². The van der Waals surface area contributed by atoms with Crippen LogP contribution in [0.1, 0.15) is 45.9 Å². The summed E-state index contributed by atoms with van der Waals surface area (Å²) in [5.74, 6) is -3.21. The number of hydrogen-bond donors (Lipinski definition) is 5. The molecule has 0 spiro atoms. The number of amides is 2. The number of nitrogens with zero attached hydrogens (tertiary/aromatic N) is 2. The maximum atomic E-state index is 13.6. The van der Waals surface area contributed by atoms with Crippen LogP contribution in [0.4, 0.5) is 13.2 Å². The lowest BCUT2D eigenvalue weighted by Gasteiger charge is -2.39. The van der Waals surface area contributed by atoms with Crippen molar-refractivity contribution in [1.82, 2.24) is 15.3 Å². The summed E-state index contributed by atoms with van der Waals surface area (Å²) >= 11 is 0. The molecule has 3 rings (SSSR count). The summed E-state index contributed by atoms with van der Waals surface area (Å²) < 4.78 is 40.8. The second-order valence-corrected chi connectivity index (χ2v) is 8.12. The highest BCUT2D eigenvalue weighted by atomic mass is 19.4. The molecule has 2 amide bonds. The number of hydrogen-bond acceptors (Lipinski definition) is 7. The van der Waals surface area contributed by atoms with Gasteiger partial charge in [0.05, 0.1) is 12.3 Å². The molecular weight excluding hydrogens is 443 g/mol. The van der Waals surface area contributed by atoms with E-state index in [1.54, 1.807) is 6.92 Å². The van der Waals surface area contributed by atoms with Crippen LogP contribution in [0.25, 0.3) is 0 Å². The fourth-order valence-corrected chi connectivity index (χ4v) is 4.09. The highest BCUT2D eigenvalue weighted by Crippen LogP contribution is 2.42. The van der Waals surface area contributed by atoms with Crippen LogP contribution in [0, 0.1) is 6.92 Å². The normalized spacial score (nSPS) is 25.2. The van der Waals surface area contributed by atoms with Gasteiger partial charge < -0.3 is 27.0 Å². The first-order valence-corrected chi connectivity index (χ1v) is 10.1. The van der Waals surface area contributed by atoms with Crippen molar-refractivity contribution in [2.75, 3.05) is 0 Å². The van der Waals surface area contributed by atoms with Crippen molar-refractivity contribution in [2.45, 2.75) is 55.6 Å². The molecule has 1 saturated carbocycles. The SMILES string of the molecule is Cc1ccc([C@@](O)(C(N)=O)C(F)(F)F)cc1[C@H]1C[C@@H](O)[C@H](N)C[C@H]1NC(=O)c1cnccn1. The maximum Gasteiger partial charge on any atom is 0.430 e. The topological polar surface area (TPSA) is 164 Å². The van der Waals surface area contributed by atoms with Crippen LogP contribution in [0.3, 0.4) is 0 Å². The molecule has 5 atom stereocenters. The first kappa shape index (κ1) is 24.6. The van der Waals surface area contributed by atoms with E-state index in [0.29, 0.717) is 11.1 Å². The first-order valence-electron chi connectivity index (χ1n) is 10.1. The summed E-state index contributed by atoms with van der Waals surface area (Å²) in [6.07, 6.45) is -2.22. The second-order valence-electron chi connectivity index (χ2n) is 8.12. The number of carbonyl (C=O) groups is 2. The minimum absolute atomic E-state index is 0.0257. The summed E-state index contributed by atoms with van der Waals surface area (Å²) in [6, 6.07) is 1.94. The van der Waals surface area contributed by atoms with E-state index in [0.717, 1.165) is 12.1 Å². The number of alkyl halides is 3. The lowest BCUT2D eigenvalue weighted by molar-refractivity contribution is -0.255. The highest BCUT2D eigenvalue weighted by Gasteiger charge is 2.60. The molecule has 9 nitrogen and oxygen atoms in total. The Morgan fingerprint density at radius 1 is 1.21 bits per heavy atom. The van der Waals surface area contributed by atoms with Crippen molar-refractivity contribution in [1.29, 1.82) is 0 Å². The Balaban J connectivity index is 2.03. The third kappa shape index (κ3) is 4.68. The number of aliphatic hydroxyl groups excluding tert-OH is 1. The zero-order valence-corrected chi connectivity index (χ0v) is 17.6. The van der Waals surface area contributed by atoms with Gasteiger partial charge in [-0.3, -0.25) is 14.6 Å². The first-order chi connectivity index (χ1) is 15.4. The van der Waals surface area contributed by atoms with Gasteiger partial charge in [-0.25, -0.2) is 4.98 Å². The summed E-state index contributed by atoms with van der Waals surface area (Å²) in [5.41, 5.74) is 7.09. The van der Waals surface area contributed by atoms with Crippen LogP contribution < -0.4 is 16.8 Å². The Hall–Kier alpha value is -3.09. The van der Waals surface area contributed by atoms with Crippen molar-refractivity contribution in [3.05, 3.63) is 59.2 Å². The minimum atomic E-state index is -5.36. The number of benzene rings is 1. The number of aromatic nitrogens is 2. The lowest BCUT2D eigenvalue weighted by atomic mass is 9.74. The van der Waals surface area contributed by atoms with E-state index in [2.05, 4.69) is 15.3 Å². The molecule has 1 aromatic carbocycles. The van der Waals surface area contributed by atoms with Crippen molar-refractivity contribution >= 4 is 11.8 Å². The maximum absolute atomic E-state index is 13.6. The zero-order valence-electron chi connectivity index (χ0n) is 17.6. The standard InChI is InChI=1S/C21H24F3N5O4/c1-10-2-3-11(20(33,19(26)32)21(22,23)24)6-12(10)13-7-17(30)14(25)8-15(13)29-18(31)16-9-27-4-5-28-16/h2-6,9,13-15,17,30,33H,7-8,25H2,1H3,(H2,26,32)(H,29,31)/t13-,14-,15-,17-,20-/m1/s1. The van der Waals surface area contributed by atoms with E-state index < -0.39 is 53.3 Å². The Kier molecular flexibility index (Phi) is 6.73.